The Morgan fingerprint density at radius 1 is 1.26 bits per heavy atom. The first kappa shape index (κ1) is 15.5. The van der Waals surface area contributed by atoms with Gasteiger partial charge in [0.05, 0.1) is 32.7 Å². The first-order valence-electron chi connectivity index (χ1n) is 7.69. The molecule has 1 aliphatic heterocycles. The zero-order chi connectivity index (χ0) is 15.9. The standard InChI is InChI=1S/C17H19N3O3/c21-17(13-15-14-5-1-2-6-16(14)23-19-15)18-7-3-4-8-20-9-11-22-12-10-20/h1-2,5-6H,7-13H2,(H,18,21). The van der Waals surface area contributed by atoms with E-state index in [2.05, 4.69) is 27.2 Å². The van der Waals surface area contributed by atoms with Crippen molar-refractivity contribution in [3.05, 3.63) is 30.0 Å². The molecule has 6 heteroatoms. The number of fused-ring (bicyclic) bond motifs is 1. The second-order valence-corrected chi connectivity index (χ2v) is 5.32. The number of carbonyl (C=O) groups excluding carboxylic acids is 1. The Kier molecular flexibility index (Phi) is 5.25. The molecule has 1 N–H and O–H groups in total. The Balaban J connectivity index is 1.43. The van der Waals surface area contributed by atoms with Crippen LogP contribution in [0.25, 0.3) is 11.0 Å². The molecular weight excluding hydrogens is 294 g/mol. The van der Waals surface area contributed by atoms with Crippen molar-refractivity contribution in [1.82, 2.24) is 15.4 Å². The Labute approximate surface area is 134 Å². The molecule has 0 aliphatic carbocycles. The highest BCUT2D eigenvalue weighted by Gasteiger charge is 2.11. The van der Waals surface area contributed by atoms with Crippen LogP contribution in [0, 0.1) is 11.8 Å². The maximum Gasteiger partial charge on any atom is 0.226 e. The van der Waals surface area contributed by atoms with Crippen LogP contribution in [-0.4, -0.2) is 55.4 Å². The first-order valence-corrected chi connectivity index (χ1v) is 7.69. The van der Waals surface area contributed by atoms with E-state index in [1.54, 1.807) is 0 Å². The van der Waals surface area contributed by atoms with Gasteiger partial charge in [0.1, 0.15) is 5.69 Å². The minimum atomic E-state index is -0.107. The predicted octanol–water partition coefficient (Wildman–Crippen LogP) is 0.822. The number of rotatable bonds is 4. The van der Waals surface area contributed by atoms with Gasteiger partial charge in [-0.1, -0.05) is 29.1 Å². The molecule has 2 aromatic rings. The summed E-state index contributed by atoms with van der Waals surface area (Å²) in [6, 6.07) is 7.51. The molecule has 0 atom stereocenters. The molecule has 0 bridgehead atoms. The van der Waals surface area contributed by atoms with Crippen LogP contribution in [0.2, 0.25) is 0 Å². The number of hydrogen-bond acceptors (Lipinski definition) is 5. The molecule has 2 heterocycles. The minimum absolute atomic E-state index is 0.107. The summed E-state index contributed by atoms with van der Waals surface area (Å²) in [6.45, 7) is 4.43. The van der Waals surface area contributed by atoms with Gasteiger partial charge in [-0.05, 0) is 12.1 Å². The first-order chi connectivity index (χ1) is 11.3. The average molecular weight is 313 g/mol. The van der Waals surface area contributed by atoms with Gasteiger partial charge in [-0.2, -0.15) is 0 Å². The number of hydrogen-bond donors (Lipinski definition) is 1. The van der Waals surface area contributed by atoms with Crippen molar-refractivity contribution < 1.29 is 14.1 Å². The predicted molar refractivity (Wildman–Crippen MR) is 85.8 cm³/mol. The number of benzene rings is 1. The molecule has 0 saturated carbocycles. The molecule has 120 valence electrons. The zero-order valence-corrected chi connectivity index (χ0v) is 12.9. The van der Waals surface area contributed by atoms with Gasteiger partial charge in [0.15, 0.2) is 5.58 Å². The van der Waals surface area contributed by atoms with Gasteiger partial charge in [0.2, 0.25) is 5.91 Å². The quantitative estimate of drug-likeness (QED) is 0.847. The van der Waals surface area contributed by atoms with Gasteiger partial charge in [-0.25, -0.2) is 0 Å². The lowest BCUT2D eigenvalue weighted by Crippen LogP contribution is -2.36. The molecule has 3 rings (SSSR count). The molecule has 1 fully saturated rings. The van der Waals surface area contributed by atoms with Gasteiger partial charge in [-0.15, -0.1) is 0 Å². The van der Waals surface area contributed by atoms with Crippen molar-refractivity contribution in [3.63, 3.8) is 0 Å². The summed E-state index contributed by atoms with van der Waals surface area (Å²) in [5, 5.41) is 7.61. The summed E-state index contributed by atoms with van der Waals surface area (Å²) < 4.78 is 10.5. The molecule has 1 saturated heterocycles. The van der Waals surface area contributed by atoms with Gasteiger partial charge in [0, 0.05) is 18.5 Å². The lowest BCUT2D eigenvalue weighted by atomic mass is 10.1. The summed E-state index contributed by atoms with van der Waals surface area (Å²) in [6.07, 6.45) is 0.197. The molecule has 1 aliphatic rings. The Bertz CT molecular complexity index is 723. The van der Waals surface area contributed by atoms with Crippen molar-refractivity contribution in [2.45, 2.75) is 6.42 Å². The Morgan fingerprint density at radius 3 is 2.96 bits per heavy atom. The molecule has 0 radical (unpaired) electrons. The highest BCUT2D eigenvalue weighted by Crippen LogP contribution is 2.17. The maximum atomic E-state index is 11.9. The van der Waals surface area contributed by atoms with Crippen LogP contribution in [0.3, 0.4) is 0 Å². The van der Waals surface area contributed by atoms with Crippen molar-refractivity contribution in [1.29, 1.82) is 0 Å². The number of aromatic nitrogens is 1. The molecule has 1 amide bonds. The van der Waals surface area contributed by atoms with Crippen LogP contribution in [0.4, 0.5) is 0 Å². The molecular formula is C17H19N3O3. The van der Waals surface area contributed by atoms with Crippen molar-refractivity contribution in [3.8, 4) is 11.8 Å². The monoisotopic (exact) mass is 313 g/mol. The molecule has 6 nitrogen and oxygen atoms in total. The van der Waals surface area contributed by atoms with Crippen molar-refractivity contribution in [2.24, 2.45) is 0 Å². The number of carbonyl (C=O) groups is 1. The lowest BCUT2D eigenvalue weighted by molar-refractivity contribution is -0.120. The third kappa shape index (κ3) is 4.31. The SMILES string of the molecule is O=C(Cc1noc2ccccc12)NCC#CCN1CCOCC1. The maximum absolute atomic E-state index is 11.9. The van der Waals surface area contributed by atoms with Crippen molar-refractivity contribution >= 4 is 16.9 Å². The van der Waals surface area contributed by atoms with Gasteiger partial charge in [-0.3, -0.25) is 9.69 Å². The van der Waals surface area contributed by atoms with Gasteiger partial charge >= 0.3 is 0 Å². The summed E-state index contributed by atoms with van der Waals surface area (Å²) in [5.41, 5.74) is 1.35. The number of nitrogens with zero attached hydrogens (tertiary/aromatic N) is 2. The fourth-order valence-electron chi connectivity index (χ4n) is 2.41. The van der Waals surface area contributed by atoms with Gasteiger partial charge < -0.3 is 14.6 Å². The zero-order valence-electron chi connectivity index (χ0n) is 12.9. The van der Waals surface area contributed by atoms with Crippen LogP contribution in [-0.2, 0) is 16.0 Å². The minimum Gasteiger partial charge on any atom is -0.379 e. The number of nitrogens with one attached hydrogen (secondary N) is 1. The second-order valence-electron chi connectivity index (χ2n) is 5.32. The molecule has 0 spiro atoms. The number of ether oxygens (including phenoxy) is 1. The summed E-state index contributed by atoms with van der Waals surface area (Å²) >= 11 is 0. The second kappa shape index (κ2) is 7.77. The topological polar surface area (TPSA) is 67.6 Å². The van der Waals surface area contributed by atoms with Crippen LogP contribution >= 0.6 is 0 Å². The van der Waals surface area contributed by atoms with E-state index in [9.17, 15) is 4.79 Å². The van der Waals surface area contributed by atoms with Gasteiger partial charge in [0.25, 0.3) is 0 Å². The number of para-hydroxylation sites is 1. The number of morpholine rings is 1. The van der Waals surface area contributed by atoms with E-state index in [1.165, 1.54) is 0 Å². The fraction of sp³-hybridized carbons (Fsp3) is 0.412. The summed E-state index contributed by atoms with van der Waals surface area (Å²) in [7, 11) is 0. The van der Waals surface area contributed by atoms with E-state index in [0.717, 1.165) is 31.7 Å². The molecule has 1 aromatic carbocycles. The smallest absolute Gasteiger partial charge is 0.226 e. The third-order valence-electron chi connectivity index (χ3n) is 3.69. The van der Waals surface area contributed by atoms with E-state index in [1.807, 2.05) is 24.3 Å². The van der Waals surface area contributed by atoms with E-state index in [-0.39, 0.29) is 12.3 Å². The van der Waals surface area contributed by atoms with Crippen LogP contribution in [0.15, 0.2) is 28.8 Å². The molecule has 1 aromatic heterocycles. The highest BCUT2D eigenvalue weighted by molar-refractivity contribution is 5.86. The van der Waals surface area contributed by atoms with E-state index < -0.39 is 0 Å². The normalized spacial score (nSPS) is 15.1. The third-order valence-corrected chi connectivity index (χ3v) is 3.69. The summed E-state index contributed by atoms with van der Waals surface area (Å²) in [4.78, 5) is 14.2. The van der Waals surface area contributed by atoms with Crippen LogP contribution in [0.1, 0.15) is 5.69 Å². The average Bonchev–Trinajstić information content (AvgIpc) is 2.99. The molecule has 0 unspecified atom stereocenters. The highest BCUT2D eigenvalue weighted by atomic mass is 16.5. The van der Waals surface area contributed by atoms with E-state index >= 15 is 0 Å². The lowest BCUT2D eigenvalue weighted by Gasteiger charge is -2.24. The van der Waals surface area contributed by atoms with E-state index in [0.29, 0.717) is 24.4 Å². The Morgan fingerprint density at radius 2 is 2.09 bits per heavy atom. The van der Waals surface area contributed by atoms with E-state index in [4.69, 9.17) is 9.26 Å². The fourth-order valence-corrected chi connectivity index (χ4v) is 2.41. The summed E-state index contributed by atoms with van der Waals surface area (Å²) in [5.74, 6) is 5.94. The van der Waals surface area contributed by atoms with Crippen molar-refractivity contribution in [2.75, 3.05) is 39.4 Å². The Hall–Kier alpha value is -2.36. The number of amides is 1. The van der Waals surface area contributed by atoms with Crippen LogP contribution in [0.5, 0.6) is 0 Å². The largest absolute Gasteiger partial charge is 0.379 e. The molecule has 23 heavy (non-hydrogen) atoms. The van der Waals surface area contributed by atoms with Crippen LogP contribution < -0.4 is 5.32 Å².